The average molecular weight is 248 g/mol. The fourth-order valence-electron chi connectivity index (χ4n) is 1.42. The molecule has 1 atom stereocenters. The van der Waals surface area contributed by atoms with Gasteiger partial charge in [0, 0.05) is 24.0 Å². The summed E-state index contributed by atoms with van der Waals surface area (Å²) in [6.07, 6.45) is 4.60. The Morgan fingerprint density at radius 2 is 2.24 bits per heavy atom. The van der Waals surface area contributed by atoms with Crippen molar-refractivity contribution in [2.75, 3.05) is 0 Å². The zero-order chi connectivity index (χ0) is 12.3. The quantitative estimate of drug-likeness (QED) is 0.844. The minimum atomic E-state index is 0.394. The summed E-state index contributed by atoms with van der Waals surface area (Å²) in [6, 6.07) is 1.99. The third-order valence-corrected chi connectivity index (χ3v) is 3.41. The van der Waals surface area contributed by atoms with E-state index in [1.54, 1.807) is 6.20 Å². The van der Waals surface area contributed by atoms with Crippen LogP contribution in [0.1, 0.15) is 37.7 Å². The van der Waals surface area contributed by atoms with E-state index >= 15 is 0 Å². The smallest absolute Gasteiger partial charge is 0.171 e. The number of nitrogens with one attached hydrogen (secondary N) is 1. The third-order valence-electron chi connectivity index (χ3n) is 2.58. The summed E-state index contributed by atoms with van der Waals surface area (Å²) in [4.78, 5) is 16.3. The van der Waals surface area contributed by atoms with Crippen molar-refractivity contribution in [3.05, 3.63) is 30.0 Å². The predicted octanol–water partition coefficient (Wildman–Crippen LogP) is 3.17. The number of hydrogen-bond donors (Lipinski definition) is 1. The summed E-state index contributed by atoms with van der Waals surface area (Å²) in [6.45, 7) is 6.30. The number of imidazole rings is 1. The van der Waals surface area contributed by atoms with Crippen LogP contribution in [0.5, 0.6) is 0 Å². The average Bonchev–Trinajstić information content (AvgIpc) is 2.80. The van der Waals surface area contributed by atoms with Crippen molar-refractivity contribution >= 4 is 11.8 Å². The summed E-state index contributed by atoms with van der Waals surface area (Å²) in [7, 11) is 0. The van der Waals surface area contributed by atoms with Crippen LogP contribution >= 0.6 is 11.8 Å². The van der Waals surface area contributed by atoms with Crippen molar-refractivity contribution in [3.8, 4) is 0 Å². The fraction of sp³-hybridized carbons (Fsp3) is 0.417. The molecule has 0 saturated carbocycles. The fourth-order valence-corrected chi connectivity index (χ4v) is 2.23. The summed E-state index contributed by atoms with van der Waals surface area (Å²) in [5.41, 5.74) is 1.00. The van der Waals surface area contributed by atoms with Gasteiger partial charge in [-0.2, -0.15) is 0 Å². The summed E-state index contributed by atoms with van der Waals surface area (Å²) >= 11 is 1.53. The van der Waals surface area contributed by atoms with E-state index in [4.69, 9.17) is 0 Å². The zero-order valence-electron chi connectivity index (χ0n) is 10.3. The van der Waals surface area contributed by atoms with E-state index in [-0.39, 0.29) is 0 Å². The highest BCUT2D eigenvalue weighted by atomic mass is 32.2. The highest BCUT2D eigenvalue weighted by molar-refractivity contribution is 7.99. The second-order valence-electron chi connectivity index (χ2n) is 4.01. The van der Waals surface area contributed by atoms with Crippen molar-refractivity contribution in [2.24, 2.45) is 0 Å². The Hall–Kier alpha value is -1.36. The molecule has 0 bridgehead atoms. The highest BCUT2D eigenvalue weighted by Gasteiger charge is 2.10. The standard InChI is InChI=1S/C12H16N4S/c1-4-8(2)11-15-9(3)7-10(16-11)17-12-13-5-6-14-12/h5-8H,4H2,1-3H3,(H,13,14). The second kappa shape index (κ2) is 5.31. The topological polar surface area (TPSA) is 54.5 Å². The molecule has 2 aromatic rings. The molecule has 5 heteroatoms. The molecular formula is C12H16N4S. The third kappa shape index (κ3) is 3.06. The van der Waals surface area contributed by atoms with Crippen LogP contribution < -0.4 is 0 Å². The Labute approximate surface area is 105 Å². The van der Waals surface area contributed by atoms with Gasteiger partial charge in [0.15, 0.2) is 5.16 Å². The largest absolute Gasteiger partial charge is 0.339 e. The molecule has 0 saturated heterocycles. The number of aryl methyl sites for hydroxylation is 1. The normalized spacial score (nSPS) is 12.6. The summed E-state index contributed by atoms with van der Waals surface area (Å²) in [5, 5.41) is 1.81. The molecule has 1 N–H and O–H groups in total. The number of aromatic nitrogens is 4. The lowest BCUT2D eigenvalue weighted by Gasteiger charge is -2.09. The molecule has 0 aliphatic rings. The van der Waals surface area contributed by atoms with Crippen molar-refractivity contribution < 1.29 is 0 Å². The molecule has 1 unspecified atom stereocenters. The van der Waals surface area contributed by atoms with Crippen LogP contribution in [0.15, 0.2) is 28.6 Å². The van der Waals surface area contributed by atoms with Crippen molar-refractivity contribution in [3.63, 3.8) is 0 Å². The number of nitrogens with zero attached hydrogens (tertiary/aromatic N) is 3. The molecule has 0 aliphatic carbocycles. The van der Waals surface area contributed by atoms with Crippen LogP contribution in [-0.2, 0) is 0 Å². The molecule has 90 valence electrons. The number of hydrogen-bond acceptors (Lipinski definition) is 4. The van der Waals surface area contributed by atoms with E-state index < -0.39 is 0 Å². The molecule has 0 aliphatic heterocycles. The highest BCUT2D eigenvalue weighted by Crippen LogP contribution is 2.25. The first-order chi connectivity index (χ1) is 8.19. The van der Waals surface area contributed by atoms with Gasteiger partial charge < -0.3 is 4.98 Å². The number of rotatable bonds is 4. The van der Waals surface area contributed by atoms with Crippen molar-refractivity contribution in [2.45, 2.75) is 43.3 Å². The second-order valence-corrected chi connectivity index (χ2v) is 5.02. The molecule has 0 amide bonds. The molecule has 2 heterocycles. The van der Waals surface area contributed by atoms with E-state index in [0.29, 0.717) is 5.92 Å². The van der Waals surface area contributed by atoms with Gasteiger partial charge in [-0.3, -0.25) is 0 Å². The molecule has 0 aromatic carbocycles. The molecule has 0 radical (unpaired) electrons. The maximum absolute atomic E-state index is 4.57. The van der Waals surface area contributed by atoms with Gasteiger partial charge in [0.2, 0.25) is 0 Å². The SMILES string of the molecule is CCC(C)c1nc(C)cc(Sc2ncc[nH]2)n1. The molecule has 2 rings (SSSR count). The lowest BCUT2D eigenvalue weighted by molar-refractivity contribution is 0.662. The van der Waals surface area contributed by atoms with Crippen LogP contribution in [0.25, 0.3) is 0 Å². The Balaban J connectivity index is 2.25. The summed E-state index contributed by atoms with van der Waals surface area (Å²) < 4.78 is 0. The van der Waals surface area contributed by atoms with Crippen LogP contribution in [0.4, 0.5) is 0 Å². The lowest BCUT2D eigenvalue weighted by Crippen LogP contribution is -2.02. The van der Waals surface area contributed by atoms with Gasteiger partial charge in [0.1, 0.15) is 10.9 Å². The molecule has 0 fully saturated rings. The van der Waals surface area contributed by atoms with Crippen molar-refractivity contribution in [1.82, 2.24) is 19.9 Å². The van der Waals surface area contributed by atoms with E-state index in [0.717, 1.165) is 28.1 Å². The lowest BCUT2D eigenvalue weighted by atomic mass is 10.1. The molecular weight excluding hydrogens is 232 g/mol. The maximum Gasteiger partial charge on any atom is 0.171 e. The number of H-pyrrole nitrogens is 1. The van der Waals surface area contributed by atoms with E-state index in [2.05, 4.69) is 33.8 Å². The van der Waals surface area contributed by atoms with Gasteiger partial charge in [0.25, 0.3) is 0 Å². The van der Waals surface area contributed by atoms with Gasteiger partial charge in [-0.25, -0.2) is 15.0 Å². The first-order valence-corrected chi connectivity index (χ1v) is 6.53. The molecule has 4 nitrogen and oxygen atoms in total. The van der Waals surface area contributed by atoms with E-state index in [9.17, 15) is 0 Å². The minimum Gasteiger partial charge on any atom is -0.339 e. The number of aromatic amines is 1. The zero-order valence-corrected chi connectivity index (χ0v) is 11.1. The minimum absolute atomic E-state index is 0.394. The van der Waals surface area contributed by atoms with Gasteiger partial charge in [-0.05, 0) is 31.2 Å². The van der Waals surface area contributed by atoms with Crippen LogP contribution in [-0.4, -0.2) is 19.9 Å². The van der Waals surface area contributed by atoms with Gasteiger partial charge >= 0.3 is 0 Å². The Kier molecular flexibility index (Phi) is 3.78. The monoisotopic (exact) mass is 248 g/mol. The van der Waals surface area contributed by atoms with Crippen LogP contribution in [0.3, 0.4) is 0 Å². The van der Waals surface area contributed by atoms with Gasteiger partial charge in [-0.1, -0.05) is 13.8 Å². The van der Waals surface area contributed by atoms with Crippen molar-refractivity contribution in [1.29, 1.82) is 0 Å². The van der Waals surface area contributed by atoms with Crippen LogP contribution in [0.2, 0.25) is 0 Å². The molecule has 0 spiro atoms. The van der Waals surface area contributed by atoms with Gasteiger partial charge in [-0.15, -0.1) is 0 Å². The maximum atomic E-state index is 4.57. The Morgan fingerprint density at radius 1 is 1.41 bits per heavy atom. The molecule has 17 heavy (non-hydrogen) atoms. The van der Waals surface area contributed by atoms with E-state index in [1.165, 1.54) is 11.8 Å². The first kappa shape index (κ1) is 12.1. The van der Waals surface area contributed by atoms with Gasteiger partial charge in [0.05, 0.1) is 0 Å². The Bertz CT molecular complexity index is 481. The summed E-state index contributed by atoms with van der Waals surface area (Å²) in [5.74, 6) is 1.31. The van der Waals surface area contributed by atoms with E-state index in [1.807, 2.05) is 19.2 Å². The predicted molar refractivity (Wildman–Crippen MR) is 68.2 cm³/mol. The van der Waals surface area contributed by atoms with Crippen LogP contribution in [0, 0.1) is 6.92 Å². The molecule has 2 aromatic heterocycles. The first-order valence-electron chi connectivity index (χ1n) is 5.72. The Morgan fingerprint density at radius 3 is 2.88 bits per heavy atom.